The standard InChI is InChI=1S/C22H25N3O3S/c1-29(26,27)24-20-9-5-8-19(14-20)17-10-12-25(13-11-17)16-21-15-22(23-28-21)18-6-3-2-4-7-18/h2-9,14-15,17,24H,10-13,16H2,1H3. The Bertz CT molecular complexity index is 1060. The van der Waals surface area contributed by atoms with E-state index in [4.69, 9.17) is 4.52 Å². The second-order valence-electron chi connectivity index (χ2n) is 7.59. The Balaban J connectivity index is 1.34. The molecule has 0 atom stereocenters. The Morgan fingerprint density at radius 2 is 1.83 bits per heavy atom. The van der Waals surface area contributed by atoms with Gasteiger partial charge in [-0.15, -0.1) is 0 Å². The highest BCUT2D eigenvalue weighted by Crippen LogP contribution is 2.30. The van der Waals surface area contributed by atoms with E-state index in [-0.39, 0.29) is 0 Å². The minimum absolute atomic E-state index is 0.433. The van der Waals surface area contributed by atoms with Crippen molar-refractivity contribution < 1.29 is 12.9 Å². The highest BCUT2D eigenvalue weighted by Gasteiger charge is 2.22. The van der Waals surface area contributed by atoms with Crippen molar-refractivity contribution in [3.05, 3.63) is 72.0 Å². The van der Waals surface area contributed by atoms with Crippen LogP contribution >= 0.6 is 0 Å². The Labute approximate surface area is 171 Å². The summed E-state index contributed by atoms with van der Waals surface area (Å²) in [4.78, 5) is 2.38. The molecular weight excluding hydrogens is 386 g/mol. The smallest absolute Gasteiger partial charge is 0.229 e. The molecule has 1 N–H and O–H groups in total. The Morgan fingerprint density at radius 1 is 1.07 bits per heavy atom. The largest absolute Gasteiger partial charge is 0.359 e. The molecule has 152 valence electrons. The van der Waals surface area contributed by atoms with Gasteiger partial charge in [0.2, 0.25) is 10.0 Å². The first-order valence-corrected chi connectivity index (χ1v) is 11.7. The average molecular weight is 412 g/mol. The maximum absolute atomic E-state index is 11.5. The first kappa shape index (κ1) is 19.7. The number of piperidine rings is 1. The minimum Gasteiger partial charge on any atom is -0.359 e. The zero-order chi connectivity index (χ0) is 20.3. The van der Waals surface area contributed by atoms with Crippen LogP contribution in [0.25, 0.3) is 11.3 Å². The average Bonchev–Trinajstić information content (AvgIpc) is 3.17. The lowest BCUT2D eigenvalue weighted by molar-refractivity contribution is 0.184. The summed E-state index contributed by atoms with van der Waals surface area (Å²) in [5, 5.41) is 4.20. The van der Waals surface area contributed by atoms with Gasteiger partial charge in [0.25, 0.3) is 0 Å². The van der Waals surface area contributed by atoms with Gasteiger partial charge in [-0.1, -0.05) is 47.6 Å². The lowest BCUT2D eigenvalue weighted by atomic mass is 9.89. The lowest BCUT2D eigenvalue weighted by Gasteiger charge is -2.31. The van der Waals surface area contributed by atoms with E-state index in [1.165, 1.54) is 11.8 Å². The fraction of sp³-hybridized carbons (Fsp3) is 0.318. The maximum Gasteiger partial charge on any atom is 0.229 e. The maximum atomic E-state index is 11.5. The van der Waals surface area contributed by atoms with Crippen LogP contribution in [0.4, 0.5) is 5.69 Å². The summed E-state index contributed by atoms with van der Waals surface area (Å²) in [6.07, 6.45) is 3.23. The van der Waals surface area contributed by atoms with Gasteiger partial charge >= 0.3 is 0 Å². The molecule has 6 nitrogen and oxygen atoms in total. The van der Waals surface area contributed by atoms with Crippen molar-refractivity contribution in [3.8, 4) is 11.3 Å². The number of benzene rings is 2. The highest BCUT2D eigenvalue weighted by molar-refractivity contribution is 7.92. The summed E-state index contributed by atoms with van der Waals surface area (Å²) in [5.41, 5.74) is 3.74. The number of likely N-dealkylation sites (tertiary alicyclic amines) is 1. The zero-order valence-corrected chi connectivity index (χ0v) is 17.2. The summed E-state index contributed by atoms with van der Waals surface area (Å²) >= 11 is 0. The topological polar surface area (TPSA) is 75.4 Å². The zero-order valence-electron chi connectivity index (χ0n) is 16.4. The van der Waals surface area contributed by atoms with Crippen LogP contribution in [0.3, 0.4) is 0 Å². The monoisotopic (exact) mass is 411 g/mol. The van der Waals surface area contributed by atoms with Gasteiger partial charge in [0.05, 0.1) is 12.8 Å². The van der Waals surface area contributed by atoms with E-state index in [0.717, 1.165) is 49.5 Å². The molecule has 0 saturated carbocycles. The van der Waals surface area contributed by atoms with E-state index in [9.17, 15) is 8.42 Å². The van der Waals surface area contributed by atoms with Gasteiger partial charge in [0, 0.05) is 17.3 Å². The minimum atomic E-state index is -3.26. The molecule has 1 fully saturated rings. The fourth-order valence-electron chi connectivity index (χ4n) is 3.85. The number of hydrogen-bond donors (Lipinski definition) is 1. The molecule has 1 saturated heterocycles. The number of aromatic nitrogens is 1. The first-order chi connectivity index (χ1) is 14.0. The molecule has 0 spiro atoms. The SMILES string of the molecule is CS(=O)(=O)Nc1cccc(C2CCN(Cc3cc(-c4ccccc4)no3)CC2)c1. The molecule has 3 aromatic rings. The van der Waals surface area contributed by atoms with E-state index in [1.54, 1.807) is 6.07 Å². The molecule has 1 aromatic heterocycles. The van der Waals surface area contributed by atoms with Gasteiger partial charge in [0.1, 0.15) is 5.69 Å². The normalized spacial score (nSPS) is 16.0. The van der Waals surface area contributed by atoms with Crippen LogP contribution in [0.15, 0.2) is 65.2 Å². The van der Waals surface area contributed by atoms with Crippen molar-refractivity contribution >= 4 is 15.7 Å². The predicted molar refractivity (Wildman–Crippen MR) is 114 cm³/mol. The van der Waals surface area contributed by atoms with Crippen molar-refractivity contribution in [2.45, 2.75) is 25.3 Å². The van der Waals surface area contributed by atoms with Crippen LogP contribution in [0, 0.1) is 0 Å². The molecule has 4 rings (SSSR count). The van der Waals surface area contributed by atoms with Gasteiger partial charge in [0.15, 0.2) is 5.76 Å². The van der Waals surface area contributed by atoms with E-state index in [2.05, 4.69) is 20.8 Å². The van der Waals surface area contributed by atoms with Crippen molar-refractivity contribution in [1.82, 2.24) is 10.1 Å². The van der Waals surface area contributed by atoms with E-state index < -0.39 is 10.0 Å². The Hall–Kier alpha value is -2.64. The lowest BCUT2D eigenvalue weighted by Crippen LogP contribution is -2.32. The summed E-state index contributed by atoms with van der Waals surface area (Å²) < 4.78 is 31.0. The van der Waals surface area contributed by atoms with Crippen LogP contribution in [0.5, 0.6) is 0 Å². The van der Waals surface area contributed by atoms with Gasteiger partial charge in [-0.2, -0.15) is 0 Å². The molecule has 7 heteroatoms. The number of rotatable bonds is 6. The van der Waals surface area contributed by atoms with Crippen LogP contribution in [-0.4, -0.2) is 37.8 Å². The molecule has 0 radical (unpaired) electrons. The van der Waals surface area contributed by atoms with Gasteiger partial charge < -0.3 is 4.52 Å². The highest BCUT2D eigenvalue weighted by atomic mass is 32.2. The Kier molecular flexibility index (Phi) is 5.69. The molecule has 29 heavy (non-hydrogen) atoms. The third-order valence-electron chi connectivity index (χ3n) is 5.26. The molecule has 2 aromatic carbocycles. The second kappa shape index (κ2) is 8.39. The van der Waals surface area contributed by atoms with Crippen molar-refractivity contribution in [2.75, 3.05) is 24.1 Å². The number of nitrogens with one attached hydrogen (secondary N) is 1. The van der Waals surface area contributed by atoms with Crippen LogP contribution in [-0.2, 0) is 16.6 Å². The molecule has 1 aliphatic heterocycles. The third kappa shape index (κ3) is 5.25. The Morgan fingerprint density at radius 3 is 2.55 bits per heavy atom. The summed E-state index contributed by atoms with van der Waals surface area (Å²) in [6, 6.07) is 19.8. The van der Waals surface area contributed by atoms with Crippen LogP contribution in [0.1, 0.15) is 30.1 Å². The van der Waals surface area contributed by atoms with E-state index in [0.29, 0.717) is 11.6 Å². The van der Waals surface area contributed by atoms with Crippen molar-refractivity contribution in [3.63, 3.8) is 0 Å². The van der Waals surface area contributed by atoms with Crippen molar-refractivity contribution in [1.29, 1.82) is 0 Å². The molecule has 0 aliphatic carbocycles. The molecule has 0 bridgehead atoms. The first-order valence-electron chi connectivity index (χ1n) is 9.77. The summed E-state index contributed by atoms with van der Waals surface area (Å²) in [5.74, 6) is 1.31. The van der Waals surface area contributed by atoms with E-state index in [1.807, 2.05) is 48.5 Å². The van der Waals surface area contributed by atoms with Gasteiger partial charge in [-0.3, -0.25) is 9.62 Å². The predicted octanol–water partition coefficient (Wildman–Crippen LogP) is 4.09. The molecule has 1 aliphatic rings. The molecule has 2 heterocycles. The number of hydrogen-bond acceptors (Lipinski definition) is 5. The van der Waals surface area contributed by atoms with Crippen LogP contribution in [0.2, 0.25) is 0 Å². The summed E-state index contributed by atoms with van der Waals surface area (Å²) in [6.45, 7) is 2.69. The third-order valence-corrected chi connectivity index (χ3v) is 5.86. The van der Waals surface area contributed by atoms with Gasteiger partial charge in [-0.05, 0) is 49.5 Å². The fourth-order valence-corrected chi connectivity index (χ4v) is 4.40. The van der Waals surface area contributed by atoms with E-state index >= 15 is 0 Å². The van der Waals surface area contributed by atoms with Gasteiger partial charge in [-0.25, -0.2) is 8.42 Å². The molecule has 0 amide bonds. The second-order valence-corrected chi connectivity index (χ2v) is 9.34. The number of anilines is 1. The van der Waals surface area contributed by atoms with Crippen LogP contribution < -0.4 is 4.72 Å². The van der Waals surface area contributed by atoms with Crippen molar-refractivity contribution in [2.24, 2.45) is 0 Å². The molecular formula is C22H25N3O3S. The number of sulfonamides is 1. The molecule has 0 unspecified atom stereocenters. The quantitative estimate of drug-likeness (QED) is 0.661. The summed E-state index contributed by atoms with van der Waals surface area (Å²) in [7, 11) is -3.26. The number of nitrogens with zero attached hydrogens (tertiary/aromatic N) is 2.